The lowest BCUT2D eigenvalue weighted by atomic mass is 9.93. The first-order valence-corrected chi connectivity index (χ1v) is 11.9. The summed E-state index contributed by atoms with van der Waals surface area (Å²) >= 11 is 0. The molecule has 1 aliphatic carbocycles. The van der Waals surface area contributed by atoms with Crippen molar-refractivity contribution in [1.82, 2.24) is 24.1 Å². The SMILES string of the molecule is CCO[C@H]1CC[C@H](Nc2ncc3c(-c4cc(F)c5nc(C)n(C(C)C)c5c4)ccn3n2)CC1. The van der Waals surface area contributed by atoms with Crippen LogP contribution < -0.4 is 5.32 Å². The van der Waals surface area contributed by atoms with Gasteiger partial charge in [-0.2, -0.15) is 0 Å². The van der Waals surface area contributed by atoms with Crippen molar-refractivity contribution in [3.63, 3.8) is 0 Å². The minimum atomic E-state index is -0.314. The van der Waals surface area contributed by atoms with Crippen molar-refractivity contribution < 1.29 is 9.13 Å². The molecule has 0 bridgehead atoms. The summed E-state index contributed by atoms with van der Waals surface area (Å²) in [5, 5.41) is 8.13. The molecule has 1 fully saturated rings. The fourth-order valence-electron chi connectivity index (χ4n) is 5.08. The second-order valence-corrected chi connectivity index (χ2v) is 9.16. The number of aromatic nitrogens is 5. The summed E-state index contributed by atoms with van der Waals surface area (Å²) in [6, 6.07) is 6.07. The van der Waals surface area contributed by atoms with Gasteiger partial charge in [0.05, 0.1) is 23.3 Å². The first-order chi connectivity index (χ1) is 15.9. The lowest BCUT2D eigenvalue weighted by Crippen LogP contribution is -2.30. The Morgan fingerprint density at radius 1 is 1.18 bits per heavy atom. The topological polar surface area (TPSA) is 69.3 Å². The Kier molecular flexibility index (Phi) is 5.78. The predicted octanol–water partition coefficient (Wildman–Crippen LogP) is 5.53. The number of hydrogen-bond donors (Lipinski definition) is 1. The summed E-state index contributed by atoms with van der Waals surface area (Å²) in [5.74, 6) is 1.11. The van der Waals surface area contributed by atoms with E-state index in [0.29, 0.717) is 23.6 Å². The minimum absolute atomic E-state index is 0.191. The molecule has 0 unspecified atom stereocenters. The summed E-state index contributed by atoms with van der Waals surface area (Å²) in [6.07, 6.45) is 8.29. The van der Waals surface area contributed by atoms with Crippen molar-refractivity contribution in [1.29, 1.82) is 0 Å². The van der Waals surface area contributed by atoms with Crippen molar-refractivity contribution in [3.8, 4) is 11.1 Å². The summed E-state index contributed by atoms with van der Waals surface area (Å²) in [5.41, 5.74) is 3.75. The van der Waals surface area contributed by atoms with Gasteiger partial charge in [0, 0.05) is 30.5 Å². The second-order valence-electron chi connectivity index (χ2n) is 9.16. The number of benzene rings is 1. The molecule has 174 valence electrons. The molecule has 8 heteroatoms. The van der Waals surface area contributed by atoms with Crippen LogP contribution in [-0.4, -0.2) is 42.9 Å². The number of aryl methyl sites for hydroxylation is 1. The number of nitrogens with zero attached hydrogens (tertiary/aromatic N) is 5. The molecule has 0 spiro atoms. The van der Waals surface area contributed by atoms with Crippen LogP contribution in [-0.2, 0) is 4.74 Å². The average Bonchev–Trinajstić information content (AvgIpc) is 3.35. The standard InChI is InChI=1S/C25H31FN6O/c1-5-33-19-8-6-18(7-9-19)29-25-27-14-23-20(10-11-31(23)30-25)17-12-21(26)24-22(13-17)32(15(2)3)16(4)28-24/h10-15,18-19H,5-9H2,1-4H3,(H,29,30)/t18-,19-. The molecule has 0 atom stereocenters. The third-order valence-electron chi connectivity index (χ3n) is 6.58. The predicted molar refractivity (Wildman–Crippen MR) is 128 cm³/mol. The fraction of sp³-hybridized carbons (Fsp3) is 0.480. The Balaban J connectivity index is 1.42. The molecule has 4 aromatic rings. The zero-order chi connectivity index (χ0) is 23.1. The molecule has 3 heterocycles. The molecule has 0 aliphatic heterocycles. The van der Waals surface area contributed by atoms with E-state index in [2.05, 4.69) is 38.8 Å². The van der Waals surface area contributed by atoms with Crippen LogP contribution >= 0.6 is 0 Å². The van der Waals surface area contributed by atoms with Crippen LogP contribution in [0.25, 0.3) is 27.7 Å². The van der Waals surface area contributed by atoms with Gasteiger partial charge in [0.2, 0.25) is 5.95 Å². The van der Waals surface area contributed by atoms with E-state index in [4.69, 9.17) is 4.74 Å². The van der Waals surface area contributed by atoms with Gasteiger partial charge in [-0.15, -0.1) is 5.10 Å². The van der Waals surface area contributed by atoms with Gasteiger partial charge in [-0.1, -0.05) is 0 Å². The van der Waals surface area contributed by atoms with Crippen LogP contribution in [0.4, 0.5) is 10.3 Å². The molecule has 0 amide bonds. The average molecular weight is 451 g/mol. The monoisotopic (exact) mass is 450 g/mol. The lowest BCUT2D eigenvalue weighted by Gasteiger charge is -2.28. The highest BCUT2D eigenvalue weighted by atomic mass is 19.1. The maximum absolute atomic E-state index is 15.0. The number of hydrogen-bond acceptors (Lipinski definition) is 5. The van der Waals surface area contributed by atoms with E-state index in [1.54, 1.807) is 6.07 Å². The van der Waals surface area contributed by atoms with Crippen molar-refractivity contribution in [2.45, 2.75) is 71.6 Å². The molecule has 1 N–H and O–H groups in total. The summed E-state index contributed by atoms with van der Waals surface area (Å²) in [6.45, 7) is 8.90. The molecule has 0 saturated heterocycles. The van der Waals surface area contributed by atoms with E-state index in [1.165, 1.54) is 0 Å². The van der Waals surface area contributed by atoms with Crippen molar-refractivity contribution >= 4 is 22.5 Å². The van der Waals surface area contributed by atoms with Crippen LogP contribution in [0.2, 0.25) is 0 Å². The normalized spacial score (nSPS) is 19.1. The van der Waals surface area contributed by atoms with E-state index < -0.39 is 0 Å². The van der Waals surface area contributed by atoms with Crippen LogP contribution in [0.1, 0.15) is 58.3 Å². The Morgan fingerprint density at radius 3 is 2.70 bits per heavy atom. The molecule has 1 aromatic carbocycles. The number of fused-ring (bicyclic) bond motifs is 2. The molecule has 1 aliphatic rings. The van der Waals surface area contributed by atoms with E-state index in [0.717, 1.165) is 60.3 Å². The van der Waals surface area contributed by atoms with Gasteiger partial charge in [-0.25, -0.2) is 18.9 Å². The van der Waals surface area contributed by atoms with Crippen LogP contribution in [0.3, 0.4) is 0 Å². The molecule has 5 rings (SSSR count). The van der Waals surface area contributed by atoms with Gasteiger partial charge < -0.3 is 14.6 Å². The van der Waals surface area contributed by atoms with Gasteiger partial charge >= 0.3 is 0 Å². The zero-order valence-electron chi connectivity index (χ0n) is 19.7. The summed E-state index contributed by atoms with van der Waals surface area (Å²) in [7, 11) is 0. The second kappa shape index (κ2) is 8.74. The highest BCUT2D eigenvalue weighted by Gasteiger charge is 2.22. The van der Waals surface area contributed by atoms with Gasteiger partial charge in [-0.05, 0) is 77.1 Å². The zero-order valence-corrected chi connectivity index (χ0v) is 19.7. The minimum Gasteiger partial charge on any atom is -0.379 e. The van der Waals surface area contributed by atoms with Crippen LogP contribution in [0.5, 0.6) is 0 Å². The van der Waals surface area contributed by atoms with E-state index in [9.17, 15) is 4.39 Å². The fourth-order valence-corrected chi connectivity index (χ4v) is 5.08. The Morgan fingerprint density at radius 2 is 1.97 bits per heavy atom. The smallest absolute Gasteiger partial charge is 0.241 e. The number of nitrogens with one attached hydrogen (secondary N) is 1. The van der Waals surface area contributed by atoms with Gasteiger partial charge in [0.25, 0.3) is 0 Å². The molecule has 3 aromatic heterocycles. The Labute approximate surface area is 193 Å². The van der Waals surface area contributed by atoms with E-state index in [-0.39, 0.29) is 11.9 Å². The largest absolute Gasteiger partial charge is 0.379 e. The highest BCUT2D eigenvalue weighted by Crippen LogP contribution is 2.32. The van der Waals surface area contributed by atoms with Crippen molar-refractivity contribution in [2.24, 2.45) is 0 Å². The molecule has 7 nitrogen and oxygen atoms in total. The molecule has 33 heavy (non-hydrogen) atoms. The molecular formula is C25H31FN6O. The molecule has 1 saturated carbocycles. The number of anilines is 1. The lowest BCUT2D eigenvalue weighted by molar-refractivity contribution is 0.0346. The van der Waals surface area contributed by atoms with E-state index in [1.807, 2.05) is 42.9 Å². The Hall–Kier alpha value is -3.00. The maximum Gasteiger partial charge on any atom is 0.241 e. The quantitative estimate of drug-likeness (QED) is 0.418. The maximum atomic E-state index is 15.0. The number of rotatable bonds is 6. The number of halogens is 1. The van der Waals surface area contributed by atoms with Gasteiger partial charge in [0.15, 0.2) is 5.82 Å². The summed E-state index contributed by atoms with van der Waals surface area (Å²) in [4.78, 5) is 9.01. The van der Waals surface area contributed by atoms with Crippen LogP contribution in [0, 0.1) is 12.7 Å². The van der Waals surface area contributed by atoms with E-state index >= 15 is 0 Å². The van der Waals surface area contributed by atoms with Gasteiger partial charge in [-0.3, -0.25) is 0 Å². The number of imidazole rings is 1. The summed E-state index contributed by atoms with van der Waals surface area (Å²) < 4.78 is 24.6. The number of ether oxygens (including phenoxy) is 1. The van der Waals surface area contributed by atoms with Crippen molar-refractivity contribution in [2.75, 3.05) is 11.9 Å². The third-order valence-corrected chi connectivity index (χ3v) is 6.58. The van der Waals surface area contributed by atoms with Gasteiger partial charge in [0.1, 0.15) is 11.3 Å². The first kappa shape index (κ1) is 21.8. The highest BCUT2D eigenvalue weighted by molar-refractivity contribution is 5.88. The van der Waals surface area contributed by atoms with Crippen LogP contribution in [0.15, 0.2) is 30.6 Å². The van der Waals surface area contributed by atoms with Crippen molar-refractivity contribution in [3.05, 3.63) is 42.2 Å². The Bertz CT molecular complexity index is 1290. The third kappa shape index (κ3) is 4.08. The first-order valence-electron chi connectivity index (χ1n) is 11.9. The molecule has 0 radical (unpaired) electrons. The molecular weight excluding hydrogens is 419 g/mol.